The van der Waals surface area contributed by atoms with Crippen LogP contribution >= 0.6 is 0 Å². The monoisotopic (exact) mass is 370 g/mol. The molecule has 0 aromatic heterocycles. The second kappa shape index (κ2) is 10.2. The van der Waals surface area contributed by atoms with Crippen molar-refractivity contribution in [3.63, 3.8) is 0 Å². The number of carbonyl (C=O) groups is 2. The Morgan fingerprint density at radius 1 is 1.07 bits per heavy atom. The van der Waals surface area contributed by atoms with E-state index in [1.54, 1.807) is 24.3 Å². The van der Waals surface area contributed by atoms with Crippen LogP contribution in [0.3, 0.4) is 0 Å². The fraction of sp³-hybridized carbons (Fsp3) is 0.333. The summed E-state index contributed by atoms with van der Waals surface area (Å²) >= 11 is 0. The normalized spacial score (nSPS) is 10.3. The van der Waals surface area contributed by atoms with Crippen LogP contribution in [0.4, 0.5) is 0 Å². The highest BCUT2D eigenvalue weighted by Crippen LogP contribution is 2.19. The molecule has 0 atom stereocenters. The molecular weight excluding hydrogens is 344 g/mol. The molecule has 2 rings (SSSR count). The van der Waals surface area contributed by atoms with Crippen LogP contribution < -0.4 is 15.6 Å². The van der Waals surface area contributed by atoms with Gasteiger partial charge in [0.25, 0.3) is 5.91 Å². The number of amides is 2. The quantitative estimate of drug-likeness (QED) is 0.492. The van der Waals surface area contributed by atoms with Gasteiger partial charge in [-0.15, -0.1) is 0 Å². The van der Waals surface area contributed by atoms with Crippen LogP contribution in [-0.4, -0.2) is 23.5 Å². The van der Waals surface area contributed by atoms with Crippen molar-refractivity contribution in [2.24, 2.45) is 0 Å². The summed E-state index contributed by atoms with van der Waals surface area (Å²) in [5.41, 5.74) is 6.85. The molecule has 2 aromatic rings. The lowest BCUT2D eigenvalue weighted by atomic mass is 10.0. The van der Waals surface area contributed by atoms with E-state index in [1.807, 2.05) is 13.0 Å². The standard InChI is InChI=1S/C21H26N2O4/c1-3-5-11-27-18-9-10-19(16(4-2)14-18)21(26)23-22-20(25)13-15-7-6-8-17(24)12-15/h6-10,12,14,24H,3-5,11,13H2,1-2H3,(H,22,25)(H,23,26). The van der Waals surface area contributed by atoms with Gasteiger partial charge in [0.05, 0.1) is 13.0 Å². The SMILES string of the molecule is CCCCOc1ccc(C(=O)NNC(=O)Cc2cccc(O)c2)c(CC)c1. The first-order chi connectivity index (χ1) is 13.0. The number of rotatable bonds is 8. The number of carbonyl (C=O) groups excluding carboxylic acids is 2. The van der Waals surface area contributed by atoms with Crippen molar-refractivity contribution in [1.29, 1.82) is 0 Å². The zero-order chi connectivity index (χ0) is 19.6. The number of ether oxygens (including phenoxy) is 1. The minimum absolute atomic E-state index is 0.0551. The average Bonchev–Trinajstić information content (AvgIpc) is 2.66. The van der Waals surface area contributed by atoms with Crippen molar-refractivity contribution < 1.29 is 19.4 Å². The summed E-state index contributed by atoms with van der Waals surface area (Å²) in [6, 6.07) is 11.8. The number of phenolic OH excluding ortho intramolecular Hbond substituents is 1. The van der Waals surface area contributed by atoms with Gasteiger partial charge in [0.15, 0.2) is 0 Å². The predicted octanol–water partition coefficient (Wildman–Crippen LogP) is 3.14. The highest BCUT2D eigenvalue weighted by atomic mass is 16.5. The molecule has 144 valence electrons. The first-order valence-electron chi connectivity index (χ1n) is 9.16. The summed E-state index contributed by atoms with van der Waals surface area (Å²) in [5.74, 6) is 0.0886. The molecule has 0 saturated carbocycles. The van der Waals surface area contributed by atoms with Crippen molar-refractivity contribution >= 4 is 11.8 Å². The third-order valence-corrected chi connectivity index (χ3v) is 4.06. The third kappa shape index (κ3) is 6.33. The van der Waals surface area contributed by atoms with E-state index in [4.69, 9.17) is 4.74 Å². The van der Waals surface area contributed by atoms with Crippen molar-refractivity contribution in [3.05, 3.63) is 59.2 Å². The van der Waals surface area contributed by atoms with E-state index in [1.165, 1.54) is 12.1 Å². The molecule has 2 amide bonds. The zero-order valence-electron chi connectivity index (χ0n) is 15.7. The van der Waals surface area contributed by atoms with Gasteiger partial charge in [0.2, 0.25) is 5.91 Å². The van der Waals surface area contributed by atoms with Gasteiger partial charge in [-0.3, -0.25) is 20.4 Å². The number of hydrogen-bond donors (Lipinski definition) is 3. The van der Waals surface area contributed by atoms with Gasteiger partial charge in [-0.1, -0.05) is 32.4 Å². The minimum Gasteiger partial charge on any atom is -0.508 e. The number of unbranched alkanes of at least 4 members (excludes halogenated alkanes) is 1. The molecule has 6 nitrogen and oxygen atoms in total. The Labute approximate surface area is 159 Å². The van der Waals surface area contributed by atoms with Crippen molar-refractivity contribution in [2.45, 2.75) is 39.5 Å². The summed E-state index contributed by atoms with van der Waals surface area (Å²) in [6.07, 6.45) is 2.77. The zero-order valence-corrected chi connectivity index (χ0v) is 15.7. The van der Waals surface area contributed by atoms with E-state index < -0.39 is 0 Å². The van der Waals surface area contributed by atoms with Crippen LogP contribution in [0.1, 0.15) is 48.2 Å². The van der Waals surface area contributed by atoms with Crippen LogP contribution in [0, 0.1) is 0 Å². The first-order valence-corrected chi connectivity index (χ1v) is 9.16. The molecule has 0 aliphatic carbocycles. The van der Waals surface area contributed by atoms with Gasteiger partial charge in [-0.05, 0) is 54.3 Å². The van der Waals surface area contributed by atoms with Crippen molar-refractivity contribution in [3.8, 4) is 11.5 Å². The van der Waals surface area contributed by atoms with Gasteiger partial charge in [-0.2, -0.15) is 0 Å². The summed E-state index contributed by atoms with van der Waals surface area (Å²) in [4.78, 5) is 24.4. The molecular formula is C21H26N2O4. The topological polar surface area (TPSA) is 87.7 Å². The smallest absolute Gasteiger partial charge is 0.269 e. The van der Waals surface area contributed by atoms with Crippen LogP contribution in [0.2, 0.25) is 0 Å². The number of hydrogen-bond acceptors (Lipinski definition) is 4. The van der Waals surface area contributed by atoms with Gasteiger partial charge in [0, 0.05) is 5.56 Å². The van der Waals surface area contributed by atoms with Crippen LogP contribution in [-0.2, 0) is 17.6 Å². The molecule has 0 fully saturated rings. The Kier molecular flexibility index (Phi) is 7.67. The third-order valence-electron chi connectivity index (χ3n) is 4.06. The van der Waals surface area contributed by atoms with Gasteiger partial charge in [0.1, 0.15) is 11.5 Å². The van der Waals surface area contributed by atoms with E-state index in [0.717, 1.165) is 24.2 Å². The molecule has 0 saturated heterocycles. The Bertz CT molecular complexity index is 790. The van der Waals surface area contributed by atoms with Crippen LogP contribution in [0.5, 0.6) is 11.5 Å². The molecule has 27 heavy (non-hydrogen) atoms. The number of benzene rings is 2. The lowest BCUT2D eigenvalue weighted by Crippen LogP contribution is -2.42. The number of phenols is 1. The summed E-state index contributed by atoms with van der Waals surface area (Å²) < 4.78 is 5.68. The van der Waals surface area contributed by atoms with E-state index in [9.17, 15) is 14.7 Å². The van der Waals surface area contributed by atoms with E-state index in [-0.39, 0.29) is 24.0 Å². The molecule has 0 aliphatic heterocycles. The molecule has 0 spiro atoms. The maximum absolute atomic E-state index is 12.4. The van der Waals surface area contributed by atoms with E-state index in [2.05, 4.69) is 17.8 Å². The largest absolute Gasteiger partial charge is 0.508 e. The Balaban J connectivity index is 1.93. The van der Waals surface area contributed by atoms with Crippen LogP contribution in [0.25, 0.3) is 0 Å². The Morgan fingerprint density at radius 2 is 1.89 bits per heavy atom. The Morgan fingerprint density at radius 3 is 2.59 bits per heavy atom. The summed E-state index contributed by atoms with van der Waals surface area (Å²) in [6.45, 7) is 4.71. The maximum Gasteiger partial charge on any atom is 0.269 e. The fourth-order valence-corrected chi connectivity index (χ4v) is 2.60. The molecule has 0 bridgehead atoms. The van der Waals surface area contributed by atoms with Gasteiger partial charge in [-0.25, -0.2) is 0 Å². The average molecular weight is 370 g/mol. The van der Waals surface area contributed by atoms with Crippen LogP contribution in [0.15, 0.2) is 42.5 Å². The van der Waals surface area contributed by atoms with Gasteiger partial charge < -0.3 is 9.84 Å². The number of aromatic hydroxyl groups is 1. The van der Waals surface area contributed by atoms with E-state index >= 15 is 0 Å². The number of hydrazine groups is 1. The molecule has 0 heterocycles. The summed E-state index contributed by atoms with van der Waals surface area (Å²) in [7, 11) is 0. The Hall–Kier alpha value is -3.02. The second-order valence-electron chi connectivity index (χ2n) is 6.22. The molecule has 0 radical (unpaired) electrons. The lowest BCUT2D eigenvalue weighted by molar-refractivity contribution is -0.121. The lowest BCUT2D eigenvalue weighted by Gasteiger charge is -2.12. The molecule has 6 heteroatoms. The summed E-state index contributed by atoms with van der Waals surface area (Å²) in [5, 5.41) is 9.43. The van der Waals surface area contributed by atoms with Gasteiger partial charge >= 0.3 is 0 Å². The van der Waals surface area contributed by atoms with E-state index in [0.29, 0.717) is 24.2 Å². The number of nitrogens with one attached hydrogen (secondary N) is 2. The fourth-order valence-electron chi connectivity index (χ4n) is 2.60. The van der Waals surface area contributed by atoms with Crippen molar-refractivity contribution in [2.75, 3.05) is 6.61 Å². The van der Waals surface area contributed by atoms with Crippen molar-refractivity contribution in [1.82, 2.24) is 10.9 Å². The highest BCUT2D eigenvalue weighted by molar-refractivity contribution is 5.97. The first kappa shape index (κ1) is 20.3. The second-order valence-corrected chi connectivity index (χ2v) is 6.22. The predicted molar refractivity (Wildman–Crippen MR) is 104 cm³/mol. The molecule has 0 unspecified atom stereocenters. The maximum atomic E-state index is 12.4. The molecule has 2 aromatic carbocycles. The highest BCUT2D eigenvalue weighted by Gasteiger charge is 2.13. The molecule has 3 N–H and O–H groups in total. The minimum atomic E-state index is -0.379. The number of aryl methyl sites for hydroxylation is 1. The molecule has 0 aliphatic rings.